The summed E-state index contributed by atoms with van der Waals surface area (Å²) in [5.41, 5.74) is 17.6. The summed E-state index contributed by atoms with van der Waals surface area (Å²) in [6.45, 7) is 4.83. The minimum atomic E-state index is -0.123. The van der Waals surface area contributed by atoms with Crippen LogP contribution in [0.4, 0.5) is 17.1 Å². The van der Waals surface area contributed by atoms with Crippen molar-refractivity contribution in [2.45, 2.75) is 94.8 Å². The normalized spacial score (nSPS) is 21.4. The highest BCUT2D eigenvalue weighted by atomic mass is 15.1. The van der Waals surface area contributed by atoms with E-state index in [0.29, 0.717) is 11.3 Å². The average Bonchev–Trinajstić information content (AvgIpc) is 3.91. The van der Waals surface area contributed by atoms with Gasteiger partial charge in [-0.1, -0.05) is 136 Å². The summed E-state index contributed by atoms with van der Waals surface area (Å²) in [6, 6.07) is 53.5. The second-order valence-corrected chi connectivity index (χ2v) is 17.3. The van der Waals surface area contributed by atoms with Gasteiger partial charge in [0.25, 0.3) is 0 Å². The van der Waals surface area contributed by atoms with Crippen molar-refractivity contribution in [1.29, 1.82) is 0 Å². The lowest BCUT2D eigenvalue weighted by Crippen LogP contribution is -2.20. The molecule has 1 heteroatoms. The molecule has 264 valence electrons. The molecule has 0 atom stereocenters. The summed E-state index contributed by atoms with van der Waals surface area (Å²) in [5.74, 6) is 1.63. The van der Waals surface area contributed by atoms with E-state index in [-0.39, 0.29) is 5.41 Å². The van der Waals surface area contributed by atoms with E-state index in [0.717, 1.165) is 5.92 Å². The van der Waals surface area contributed by atoms with Gasteiger partial charge in [0.2, 0.25) is 0 Å². The van der Waals surface area contributed by atoms with E-state index < -0.39 is 0 Å². The molecule has 10 rings (SSSR count). The first-order chi connectivity index (χ1) is 26.0. The minimum absolute atomic E-state index is 0.123. The molecule has 4 aliphatic rings. The maximum atomic E-state index is 2.54. The average molecular weight is 690 g/mol. The quantitative estimate of drug-likeness (QED) is 0.161. The monoisotopic (exact) mass is 689 g/mol. The van der Waals surface area contributed by atoms with Crippen molar-refractivity contribution in [3.8, 4) is 33.4 Å². The number of fused-ring (bicyclic) bond motifs is 5. The molecule has 0 spiro atoms. The van der Waals surface area contributed by atoms with Crippen molar-refractivity contribution in [3.05, 3.63) is 162 Å². The summed E-state index contributed by atoms with van der Waals surface area (Å²) in [7, 11) is 0. The van der Waals surface area contributed by atoms with E-state index in [2.05, 4.69) is 158 Å². The van der Waals surface area contributed by atoms with Crippen LogP contribution in [0.15, 0.2) is 140 Å². The number of rotatable bonds is 7. The Morgan fingerprint density at radius 2 is 1.13 bits per heavy atom. The molecule has 0 heterocycles. The number of nitrogens with zero attached hydrogens (tertiary/aromatic N) is 1. The molecule has 0 amide bonds. The lowest BCUT2D eigenvalue weighted by molar-refractivity contribution is 0.419. The first kappa shape index (κ1) is 32.7. The van der Waals surface area contributed by atoms with Crippen molar-refractivity contribution >= 4 is 17.1 Å². The molecule has 0 saturated heterocycles. The Bertz CT molecular complexity index is 2240. The Morgan fingerprint density at radius 1 is 0.509 bits per heavy atom. The zero-order valence-corrected chi connectivity index (χ0v) is 31.5. The largest absolute Gasteiger partial charge is 0.310 e. The number of anilines is 3. The third kappa shape index (κ3) is 5.58. The van der Waals surface area contributed by atoms with Gasteiger partial charge in [0.05, 0.1) is 0 Å². The standard InChI is InChI=1S/C52H51N/c1-51(2)48-16-10-9-15-46(48)50-47(41-19-17-39(18-20-41)37-11-5-3-6-12-37)33-45(34-49(50)51)53(43-25-21-40(22-26-43)38-13-7-4-8-14-38)44-27-23-42(24-28-44)52-31-29-36(35-52)30-32-52/h3,5-6,9-12,15-28,33-34,36,38H,4,7-8,13-14,29-32,35H2,1-2H3. The third-order valence-corrected chi connectivity index (χ3v) is 13.9. The van der Waals surface area contributed by atoms with Crippen LogP contribution in [0.25, 0.3) is 33.4 Å². The number of hydrogen-bond acceptors (Lipinski definition) is 1. The molecule has 53 heavy (non-hydrogen) atoms. The van der Waals surface area contributed by atoms with Crippen LogP contribution >= 0.6 is 0 Å². The van der Waals surface area contributed by atoms with Gasteiger partial charge in [-0.2, -0.15) is 0 Å². The molecule has 4 aliphatic carbocycles. The summed E-state index contributed by atoms with van der Waals surface area (Å²) < 4.78 is 0. The first-order valence-electron chi connectivity index (χ1n) is 20.4. The molecule has 1 nitrogen and oxygen atoms in total. The summed E-state index contributed by atoms with van der Waals surface area (Å²) in [6.07, 6.45) is 13.6. The Kier molecular flexibility index (Phi) is 7.97. The molecule has 0 aliphatic heterocycles. The van der Waals surface area contributed by atoms with Crippen molar-refractivity contribution in [3.63, 3.8) is 0 Å². The van der Waals surface area contributed by atoms with Gasteiger partial charge >= 0.3 is 0 Å². The zero-order valence-electron chi connectivity index (χ0n) is 31.5. The Morgan fingerprint density at radius 3 is 1.81 bits per heavy atom. The van der Waals surface area contributed by atoms with E-state index >= 15 is 0 Å². The van der Waals surface area contributed by atoms with Crippen LogP contribution in [-0.4, -0.2) is 0 Å². The highest BCUT2D eigenvalue weighted by Crippen LogP contribution is 2.57. The Labute approximate surface area is 316 Å². The van der Waals surface area contributed by atoms with Gasteiger partial charge in [0.1, 0.15) is 0 Å². The van der Waals surface area contributed by atoms with Gasteiger partial charge < -0.3 is 4.90 Å². The molecule has 0 aromatic heterocycles. The third-order valence-electron chi connectivity index (χ3n) is 13.9. The first-order valence-corrected chi connectivity index (χ1v) is 20.4. The molecule has 3 fully saturated rings. The minimum Gasteiger partial charge on any atom is -0.310 e. The summed E-state index contributed by atoms with van der Waals surface area (Å²) in [5, 5.41) is 0. The molecule has 0 radical (unpaired) electrons. The van der Waals surface area contributed by atoms with Crippen LogP contribution in [0.1, 0.15) is 106 Å². The van der Waals surface area contributed by atoms with Crippen molar-refractivity contribution in [2.24, 2.45) is 5.92 Å². The maximum Gasteiger partial charge on any atom is 0.0471 e. The Hall–Kier alpha value is -4.88. The molecular weight excluding hydrogens is 639 g/mol. The van der Waals surface area contributed by atoms with E-state index in [9.17, 15) is 0 Å². The summed E-state index contributed by atoms with van der Waals surface area (Å²) in [4.78, 5) is 2.54. The molecule has 6 aromatic rings. The zero-order chi connectivity index (χ0) is 35.6. The van der Waals surface area contributed by atoms with Gasteiger partial charge in [0.15, 0.2) is 0 Å². The maximum absolute atomic E-state index is 2.54. The topological polar surface area (TPSA) is 3.24 Å². The number of benzene rings is 6. The fraction of sp³-hybridized carbons (Fsp3) is 0.308. The molecule has 0 unspecified atom stereocenters. The van der Waals surface area contributed by atoms with Crippen LogP contribution in [0, 0.1) is 5.92 Å². The van der Waals surface area contributed by atoms with E-state index in [4.69, 9.17) is 0 Å². The van der Waals surface area contributed by atoms with Gasteiger partial charge in [-0.3, -0.25) is 0 Å². The second-order valence-electron chi connectivity index (χ2n) is 17.3. The highest BCUT2D eigenvalue weighted by molar-refractivity contribution is 5.96. The van der Waals surface area contributed by atoms with Crippen LogP contribution in [0.5, 0.6) is 0 Å². The van der Waals surface area contributed by atoms with Crippen LogP contribution in [0.3, 0.4) is 0 Å². The van der Waals surface area contributed by atoms with Gasteiger partial charge in [-0.15, -0.1) is 0 Å². The Balaban J connectivity index is 1.13. The molecular formula is C52H51N. The molecule has 2 bridgehead atoms. The van der Waals surface area contributed by atoms with Crippen molar-refractivity contribution in [1.82, 2.24) is 0 Å². The molecule has 6 aromatic carbocycles. The highest BCUT2D eigenvalue weighted by Gasteiger charge is 2.45. The van der Waals surface area contributed by atoms with Crippen LogP contribution < -0.4 is 4.90 Å². The SMILES string of the molecule is CC1(C)c2ccccc2-c2c(-c3ccc(-c4ccccc4)cc3)cc(N(c3ccc(C4CCCCC4)cc3)c3ccc(C45CCC(CC4)C5)cc3)cc21. The predicted molar refractivity (Wildman–Crippen MR) is 224 cm³/mol. The van der Waals surface area contributed by atoms with Gasteiger partial charge in [-0.25, -0.2) is 0 Å². The van der Waals surface area contributed by atoms with Crippen molar-refractivity contribution in [2.75, 3.05) is 4.90 Å². The van der Waals surface area contributed by atoms with Gasteiger partial charge in [-0.05, 0) is 154 Å². The second kappa shape index (κ2) is 12.9. The van der Waals surface area contributed by atoms with Gasteiger partial charge in [0, 0.05) is 22.5 Å². The van der Waals surface area contributed by atoms with Crippen LogP contribution in [0.2, 0.25) is 0 Å². The van der Waals surface area contributed by atoms with Crippen LogP contribution in [-0.2, 0) is 10.8 Å². The lowest BCUT2D eigenvalue weighted by atomic mass is 9.78. The predicted octanol–water partition coefficient (Wildman–Crippen LogP) is 14.7. The molecule has 0 N–H and O–H groups in total. The van der Waals surface area contributed by atoms with E-state index in [1.165, 1.54) is 131 Å². The molecule has 3 saturated carbocycles. The summed E-state index contributed by atoms with van der Waals surface area (Å²) >= 11 is 0. The lowest BCUT2D eigenvalue weighted by Gasteiger charge is -2.31. The fourth-order valence-electron chi connectivity index (χ4n) is 11.0. The number of hydrogen-bond donors (Lipinski definition) is 0. The smallest absolute Gasteiger partial charge is 0.0471 e. The van der Waals surface area contributed by atoms with E-state index in [1.54, 1.807) is 5.56 Å². The van der Waals surface area contributed by atoms with Crippen molar-refractivity contribution < 1.29 is 0 Å². The fourth-order valence-corrected chi connectivity index (χ4v) is 11.0. The van der Waals surface area contributed by atoms with E-state index in [1.807, 2.05) is 0 Å².